The first-order valence-electron chi connectivity index (χ1n) is 3.12. The van der Waals surface area contributed by atoms with Crippen molar-refractivity contribution < 1.29 is 9.16 Å². The second-order valence-corrected chi connectivity index (χ2v) is 3.09. The van der Waals surface area contributed by atoms with Crippen LogP contribution in [-0.2, 0) is 9.16 Å². The Morgan fingerprint density at radius 3 is 2.00 bits per heavy atom. The van der Waals surface area contributed by atoms with Crippen molar-refractivity contribution >= 4 is 10.5 Å². The summed E-state index contributed by atoms with van der Waals surface area (Å²) in [4.78, 5) is 0. The summed E-state index contributed by atoms with van der Waals surface area (Å²) in [5, 5.41) is 0. The smallest absolute Gasteiger partial charge is 0.146 e. The van der Waals surface area contributed by atoms with Crippen molar-refractivity contribution in [3.63, 3.8) is 0 Å². The lowest BCUT2D eigenvalue weighted by atomic mass is 10.0. The molecule has 0 aromatic carbocycles. The Labute approximate surface area is 60.1 Å². The summed E-state index contributed by atoms with van der Waals surface area (Å²) in [6.45, 7) is 6.08. The molecule has 0 saturated heterocycles. The predicted molar refractivity (Wildman–Crippen MR) is 41.6 cm³/mol. The third-order valence-electron chi connectivity index (χ3n) is 1.86. The van der Waals surface area contributed by atoms with Crippen molar-refractivity contribution in [2.75, 3.05) is 7.11 Å². The Morgan fingerprint density at radius 2 is 1.89 bits per heavy atom. The predicted octanol–water partition coefficient (Wildman–Crippen LogP) is 0.0969. The zero-order chi connectivity index (χ0) is 7.49. The molecule has 9 heavy (non-hydrogen) atoms. The summed E-state index contributed by atoms with van der Waals surface area (Å²) in [5.41, 5.74) is -0.110. The van der Waals surface area contributed by atoms with Gasteiger partial charge in [0.15, 0.2) is 0 Å². The van der Waals surface area contributed by atoms with E-state index in [4.69, 9.17) is 9.16 Å². The molecule has 1 atom stereocenters. The molecule has 0 saturated carbocycles. The molecule has 2 nitrogen and oxygen atoms in total. The maximum atomic E-state index is 5.30. The van der Waals surface area contributed by atoms with E-state index in [0.29, 0.717) is 0 Å². The third kappa shape index (κ3) is 2.47. The minimum Gasteiger partial charge on any atom is -0.420 e. The Balaban J connectivity index is 3.80. The monoisotopic (exact) mass is 148 g/mol. The summed E-state index contributed by atoms with van der Waals surface area (Å²) < 4.78 is 10.4. The van der Waals surface area contributed by atoms with Crippen molar-refractivity contribution in [2.45, 2.75) is 32.5 Å². The molecule has 0 amide bonds. The van der Waals surface area contributed by atoms with Gasteiger partial charge in [-0.15, -0.1) is 0 Å². The summed E-state index contributed by atoms with van der Waals surface area (Å²) in [6.07, 6.45) is 0.176. The zero-order valence-electron chi connectivity index (χ0n) is 6.89. The van der Waals surface area contributed by atoms with Crippen LogP contribution in [0.5, 0.6) is 0 Å². The first-order chi connectivity index (χ1) is 4.04. The van der Waals surface area contributed by atoms with Crippen LogP contribution < -0.4 is 0 Å². The molecule has 1 unspecified atom stereocenters. The van der Waals surface area contributed by atoms with Crippen LogP contribution in [0.4, 0.5) is 0 Å². The Kier molecular flexibility index (Phi) is 3.39. The van der Waals surface area contributed by atoms with Gasteiger partial charge >= 0.3 is 0 Å². The van der Waals surface area contributed by atoms with Crippen molar-refractivity contribution in [3.05, 3.63) is 0 Å². The van der Waals surface area contributed by atoms with E-state index >= 15 is 0 Å². The summed E-state index contributed by atoms with van der Waals surface area (Å²) in [5.74, 6) is 0. The van der Waals surface area contributed by atoms with Crippen LogP contribution in [0.15, 0.2) is 0 Å². The highest BCUT2D eigenvalue weighted by molar-refractivity contribution is 5.98. The highest BCUT2D eigenvalue weighted by Gasteiger charge is 2.23. The zero-order valence-corrected chi connectivity index (χ0v) is 8.89. The molecule has 0 aromatic rings. The summed E-state index contributed by atoms with van der Waals surface area (Å²) >= 11 is 0. The van der Waals surface area contributed by atoms with Crippen molar-refractivity contribution in [2.24, 2.45) is 0 Å². The molecule has 56 valence electrons. The fourth-order valence-corrected chi connectivity index (χ4v) is 0.782. The normalized spacial score (nSPS) is 16.0. The molecule has 0 spiro atoms. The average Bonchev–Trinajstić information content (AvgIpc) is 1.86. The average molecular weight is 148 g/mol. The van der Waals surface area contributed by atoms with Gasteiger partial charge in [-0.1, -0.05) is 0 Å². The van der Waals surface area contributed by atoms with Crippen LogP contribution in [-0.4, -0.2) is 29.3 Å². The molecular formula is C6H16O2Si. The molecule has 0 aliphatic rings. The molecule has 0 radical (unpaired) electrons. The lowest BCUT2D eigenvalue weighted by Gasteiger charge is -2.29. The van der Waals surface area contributed by atoms with Gasteiger partial charge in [-0.05, 0) is 20.8 Å². The molecule has 0 rings (SSSR count). The van der Waals surface area contributed by atoms with E-state index < -0.39 is 0 Å². The Morgan fingerprint density at radius 1 is 1.44 bits per heavy atom. The van der Waals surface area contributed by atoms with E-state index in [-0.39, 0.29) is 11.7 Å². The lowest BCUT2D eigenvalue weighted by Crippen LogP contribution is -2.37. The quantitative estimate of drug-likeness (QED) is 0.528. The standard InChI is InChI=1S/C6H16O2Si/c1-5(7-4)6(2,3)8-9/h5H,1-4,9H3. The molecule has 0 aromatic heterocycles. The largest absolute Gasteiger partial charge is 0.420 e. The molecule has 0 aliphatic heterocycles. The molecule has 0 N–H and O–H groups in total. The number of ether oxygens (including phenoxy) is 1. The van der Waals surface area contributed by atoms with E-state index in [1.807, 2.05) is 20.8 Å². The van der Waals surface area contributed by atoms with Crippen LogP contribution in [0.1, 0.15) is 20.8 Å². The fourth-order valence-electron chi connectivity index (χ4n) is 0.450. The van der Waals surface area contributed by atoms with Gasteiger partial charge in [0.1, 0.15) is 10.5 Å². The number of hydrogen-bond donors (Lipinski definition) is 0. The minimum absolute atomic E-state index is 0.110. The van der Waals surface area contributed by atoms with Crippen LogP contribution >= 0.6 is 0 Å². The summed E-state index contributed by atoms with van der Waals surface area (Å²) in [7, 11) is 2.47. The van der Waals surface area contributed by atoms with Gasteiger partial charge in [-0.2, -0.15) is 0 Å². The highest BCUT2D eigenvalue weighted by Crippen LogP contribution is 2.14. The van der Waals surface area contributed by atoms with E-state index in [1.54, 1.807) is 7.11 Å². The van der Waals surface area contributed by atoms with Crippen LogP contribution in [0.3, 0.4) is 0 Å². The van der Waals surface area contributed by atoms with Crippen LogP contribution in [0.2, 0.25) is 0 Å². The van der Waals surface area contributed by atoms with Gasteiger partial charge in [-0.25, -0.2) is 0 Å². The minimum atomic E-state index is -0.110. The number of methoxy groups -OCH3 is 1. The molecule has 0 heterocycles. The highest BCUT2D eigenvalue weighted by atomic mass is 28.2. The molecule has 0 aliphatic carbocycles. The molecule has 3 heteroatoms. The third-order valence-corrected chi connectivity index (χ3v) is 2.91. The molecule has 0 bridgehead atoms. The number of rotatable bonds is 3. The first-order valence-corrected chi connectivity index (χ1v) is 3.94. The van der Waals surface area contributed by atoms with Gasteiger partial charge in [0.2, 0.25) is 0 Å². The van der Waals surface area contributed by atoms with Crippen LogP contribution in [0.25, 0.3) is 0 Å². The van der Waals surface area contributed by atoms with Crippen molar-refractivity contribution in [1.82, 2.24) is 0 Å². The molecular weight excluding hydrogens is 132 g/mol. The Hall–Kier alpha value is 0.137. The number of hydrogen-bond acceptors (Lipinski definition) is 2. The van der Waals surface area contributed by atoms with E-state index in [0.717, 1.165) is 10.5 Å². The van der Waals surface area contributed by atoms with E-state index in [1.165, 1.54) is 0 Å². The fraction of sp³-hybridized carbons (Fsp3) is 1.00. The second kappa shape index (κ2) is 3.34. The van der Waals surface area contributed by atoms with Gasteiger partial charge in [0.25, 0.3) is 0 Å². The maximum absolute atomic E-state index is 5.30. The van der Waals surface area contributed by atoms with Crippen molar-refractivity contribution in [1.29, 1.82) is 0 Å². The maximum Gasteiger partial charge on any atom is 0.146 e. The lowest BCUT2D eigenvalue weighted by molar-refractivity contribution is -0.0384. The van der Waals surface area contributed by atoms with E-state index in [2.05, 4.69) is 0 Å². The van der Waals surface area contributed by atoms with Gasteiger partial charge in [-0.3, -0.25) is 0 Å². The van der Waals surface area contributed by atoms with Gasteiger partial charge < -0.3 is 9.16 Å². The van der Waals surface area contributed by atoms with Crippen LogP contribution in [0, 0.1) is 0 Å². The van der Waals surface area contributed by atoms with E-state index in [9.17, 15) is 0 Å². The molecule has 0 fully saturated rings. The first kappa shape index (κ1) is 9.14. The van der Waals surface area contributed by atoms with Gasteiger partial charge in [0.05, 0.1) is 11.7 Å². The summed E-state index contributed by atoms with van der Waals surface area (Å²) in [6, 6.07) is 0. The van der Waals surface area contributed by atoms with Crippen molar-refractivity contribution in [3.8, 4) is 0 Å². The Bertz CT molecular complexity index is 83.1. The van der Waals surface area contributed by atoms with Gasteiger partial charge in [0, 0.05) is 7.11 Å². The second-order valence-electron chi connectivity index (χ2n) is 2.69. The SMILES string of the molecule is COC(C)C(C)(C)O[SiH3]. The topological polar surface area (TPSA) is 18.5 Å².